The third-order valence-electron chi connectivity index (χ3n) is 4.24. The van der Waals surface area contributed by atoms with Gasteiger partial charge in [0.25, 0.3) is 0 Å². The third kappa shape index (κ3) is 2.26. The molecular weight excluding hydrogens is 242 g/mol. The number of carbonyl (C=O) groups is 1. The van der Waals surface area contributed by atoms with Crippen LogP contribution in [0.4, 0.5) is 0 Å². The van der Waals surface area contributed by atoms with Crippen LogP contribution in [-0.2, 0) is 11.2 Å². The normalized spacial score (nSPS) is 30.2. The van der Waals surface area contributed by atoms with Crippen molar-refractivity contribution in [2.24, 2.45) is 0 Å². The van der Waals surface area contributed by atoms with Crippen molar-refractivity contribution >= 4 is 5.91 Å². The van der Waals surface area contributed by atoms with Gasteiger partial charge in [-0.3, -0.25) is 4.79 Å². The molecular formula is C15H19NO3. The van der Waals surface area contributed by atoms with Crippen LogP contribution in [0.15, 0.2) is 24.3 Å². The van der Waals surface area contributed by atoms with Crippen LogP contribution in [0.1, 0.15) is 29.9 Å². The standard InChI is InChI=1S/C15H19NO3/c17-13-8-16(9-14(13)18)15(19)12-7-3-5-10-4-1-2-6-11(10)12/h1-2,4,6,12-14,17-18H,3,5,7-9H2. The van der Waals surface area contributed by atoms with Crippen molar-refractivity contribution in [3.8, 4) is 0 Å². The summed E-state index contributed by atoms with van der Waals surface area (Å²) in [5.74, 6) is -0.0646. The molecule has 1 amide bonds. The molecule has 1 aliphatic carbocycles. The molecule has 4 heteroatoms. The van der Waals surface area contributed by atoms with E-state index in [-0.39, 0.29) is 24.9 Å². The van der Waals surface area contributed by atoms with E-state index in [0.29, 0.717) is 0 Å². The van der Waals surface area contributed by atoms with Crippen molar-refractivity contribution in [2.75, 3.05) is 13.1 Å². The van der Waals surface area contributed by atoms with E-state index in [1.54, 1.807) is 4.90 Å². The van der Waals surface area contributed by atoms with Gasteiger partial charge in [0, 0.05) is 13.1 Å². The predicted molar refractivity (Wildman–Crippen MR) is 70.7 cm³/mol. The maximum absolute atomic E-state index is 12.6. The van der Waals surface area contributed by atoms with E-state index in [0.717, 1.165) is 24.8 Å². The minimum Gasteiger partial charge on any atom is -0.388 e. The molecule has 0 bridgehead atoms. The Morgan fingerprint density at radius 1 is 1.16 bits per heavy atom. The smallest absolute Gasteiger partial charge is 0.230 e. The fourth-order valence-corrected chi connectivity index (χ4v) is 3.18. The highest BCUT2D eigenvalue weighted by Gasteiger charge is 2.37. The van der Waals surface area contributed by atoms with E-state index in [9.17, 15) is 15.0 Å². The van der Waals surface area contributed by atoms with Gasteiger partial charge in [0.2, 0.25) is 5.91 Å². The lowest BCUT2D eigenvalue weighted by Crippen LogP contribution is -2.35. The average Bonchev–Trinajstić information content (AvgIpc) is 2.77. The molecule has 1 aromatic rings. The highest BCUT2D eigenvalue weighted by atomic mass is 16.3. The summed E-state index contributed by atoms with van der Waals surface area (Å²) in [6.45, 7) is 0.497. The first-order valence-electron chi connectivity index (χ1n) is 6.89. The van der Waals surface area contributed by atoms with Gasteiger partial charge in [-0.05, 0) is 30.4 Å². The summed E-state index contributed by atoms with van der Waals surface area (Å²) < 4.78 is 0. The number of hydrogen-bond donors (Lipinski definition) is 2. The van der Waals surface area contributed by atoms with E-state index in [2.05, 4.69) is 6.07 Å². The Morgan fingerprint density at radius 3 is 2.58 bits per heavy atom. The largest absolute Gasteiger partial charge is 0.388 e. The van der Waals surface area contributed by atoms with Crippen LogP contribution in [0, 0.1) is 0 Å². The molecule has 2 N–H and O–H groups in total. The number of aryl methyl sites for hydroxylation is 1. The summed E-state index contributed by atoms with van der Waals surface area (Å²) in [6, 6.07) is 8.09. The summed E-state index contributed by atoms with van der Waals surface area (Å²) in [5, 5.41) is 19.1. The minimum absolute atomic E-state index is 0.0442. The van der Waals surface area contributed by atoms with Gasteiger partial charge < -0.3 is 15.1 Å². The summed E-state index contributed by atoms with van der Waals surface area (Å²) in [4.78, 5) is 14.2. The zero-order valence-electron chi connectivity index (χ0n) is 10.8. The number of aliphatic hydroxyl groups excluding tert-OH is 2. The van der Waals surface area contributed by atoms with Crippen molar-refractivity contribution < 1.29 is 15.0 Å². The van der Waals surface area contributed by atoms with Crippen LogP contribution in [0.2, 0.25) is 0 Å². The molecule has 0 aromatic heterocycles. The maximum atomic E-state index is 12.6. The summed E-state index contributed by atoms with van der Waals surface area (Å²) in [6.07, 6.45) is 1.31. The van der Waals surface area contributed by atoms with E-state index >= 15 is 0 Å². The lowest BCUT2D eigenvalue weighted by Gasteiger charge is -2.28. The Balaban J connectivity index is 1.82. The second kappa shape index (κ2) is 4.94. The third-order valence-corrected chi connectivity index (χ3v) is 4.24. The molecule has 3 atom stereocenters. The number of hydrogen-bond acceptors (Lipinski definition) is 3. The highest BCUT2D eigenvalue weighted by Crippen LogP contribution is 2.33. The zero-order chi connectivity index (χ0) is 13.4. The number of amides is 1. The molecule has 1 aliphatic heterocycles. The Bertz CT molecular complexity index is 478. The van der Waals surface area contributed by atoms with Gasteiger partial charge in [-0.2, -0.15) is 0 Å². The first-order valence-corrected chi connectivity index (χ1v) is 6.89. The molecule has 3 rings (SSSR count). The molecule has 1 aromatic carbocycles. The van der Waals surface area contributed by atoms with Crippen molar-refractivity contribution in [2.45, 2.75) is 37.4 Å². The first-order chi connectivity index (χ1) is 9.16. The zero-order valence-corrected chi connectivity index (χ0v) is 10.8. The lowest BCUT2D eigenvalue weighted by molar-refractivity contribution is -0.132. The number of benzene rings is 1. The Labute approximate surface area is 112 Å². The van der Waals surface area contributed by atoms with Crippen molar-refractivity contribution in [1.29, 1.82) is 0 Å². The fraction of sp³-hybridized carbons (Fsp3) is 0.533. The second-order valence-electron chi connectivity index (χ2n) is 5.52. The fourth-order valence-electron chi connectivity index (χ4n) is 3.18. The molecule has 2 aliphatic rings. The SMILES string of the molecule is O=C(C1CCCc2ccccc21)N1CC(O)C(O)C1. The average molecular weight is 261 g/mol. The Kier molecular flexibility index (Phi) is 3.29. The van der Waals surface area contributed by atoms with Gasteiger partial charge in [-0.15, -0.1) is 0 Å². The van der Waals surface area contributed by atoms with Gasteiger partial charge in [0.1, 0.15) is 0 Å². The summed E-state index contributed by atoms with van der Waals surface area (Å²) in [7, 11) is 0. The Morgan fingerprint density at radius 2 is 1.84 bits per heavy atom. The van der Waals surface area contributed by atoms with E-state index in [1.165, 1.54) is 5.56 Å². The van der Waals surface area contributed by atoms with Gasteiger partial charge in [0.15, 0.2) is 0 Å². The first kappa shape index (κ1) is 12.6. The number of β-amino-alcohol motifs (C(OH)–C–C–N with tert-alkyl or cyclic N) is 2. The van der Waals surface area contributed by atoms with Gasteiger partial charge in [0.05, 0.1) is 18.1 Å². The minimum atomic E-state index is -0.803. The lowest BCUT2D eigenvalue weighted by atomic mass is 9.82. The van der Waals surface area contributed by atoms with Crippen molar-refractivity contribution in [3.05, 3.63) is 35.4 Å². The van der Waals surface area contributed by atoms with Crippen LogP contribution in [0.5, 0.6) is 0 Å². The maximum Gasteiger partial charge on any atom is 0.230 e. The van der Waals surface area contributed by atoms with Crippen LogP contribution >= 0.6 is 0 Å². The van der Waals surface area contributed by atoms with Gasteiger partial charge in [-0.1, -0.05) is 24.3 Å². The van der Waals surface area contributed by atoms with Crippen molar-refractivity contribution in [3.63, 3.8) is 0 Å². The topological polar surface area (TPSA) is 60.8 Å². The molecule has 1 fully saturated rings. The molecule has 4 nitrogen and oxygen atoms in total. The molecule has 3 unspecified atom stereocenters. The van der Waals surface area contributed by atoms with Crippen molar-refractivity contribution in [1.82, 2.24) is 4.90 Å². The highest BCUT2D eigenvalue weighted by molar-refractivity contribution is 5.84. The molecule has 0 saturated carbocycles. The number of rotatable bonds is 1. The van der Waals surface area contributed by atoms with E-state index < -0.39 is 12.2 Å². The number of carbonyl (C=O) groups excluding carboxylic acids is 1. The Hall–Kier alpha value is -1.39. The molecule has 1 heterocycles. The molecule has 0 radical (unpaired) electrons. The number of aliphatic hydroxyl groups is 2. The number of likely N-dealkylation sites (tertiary alicyclic amines) is 1. The molecule has 0 spiro atoms. The number of nitrogens with zero attached hydrogens (tertiary/aromatic N) is 1. The quantitative estimate of drug-likeness (QED) is 0.781. The second-order valence-corrected chi connectivity index (χ2v) is 5.52. The summed E-state index contributed by atoms with van der Waals surface area (Å²) in [5.41, 5.74) is 2.38. The van der Waals surface area contributed by atoms with E-state index in [1.807, 2.05) is 18.2 Å². The molecule has 102 valence electrons. The molecule has 19 heavy (non-hydrogen) atoms. The molecule has 1 saturated heterocycles. The van der Waals surface area contributed by atoms with E-state index in [4.69, 9.17) is 0 Å². The summed E-state index contributed by atoms with van der Waals surface area (Å²) >= 11 is 0. The monoisotopic (exact) mass is 261 g/mol. The number of fused-ring (bicyclic) bond motifs is 1. The van der Waals surface area contributed by atoms with Crippen LogP contribution in [-0.4, -0.2) is 46.3 Å². The van der Waals surface area contributed by atoms with Crippen LogP contribution in [0.25, 0.3) is 0 Å². The van der Waals surface area contributed by atoms with Crippen LogP contribution < -0.4 is 0 Å². The van der Waals surface area contributed by atoms with Crippen LogP contribution in [0.3, 0.4) is 0 Å². The van der Waals surface area contributed by atoms with Gasteiger partial charge in [-0.25, -0.2) is 0 Å². The predicted octanol–water partition coefficient (Wildman–Crippen LogP) is 0.670. The van der Waals surface area contributed by atoms with Gasteiger partial charge >= 0.3 is 0 Å².